The van der Waals surface area contributed by atoms with Crippen LogP contribution in [0.2, 0.25) is 0 Å². The number of aryl methyl sites for hydroxylation is 3. The monoisotopic (exact) mass is 458 g/mol. The Hall–Kier alpha value is -2.94. The number of anilines is 1. The number of hydrogen-bond donors (Lipinski definition) is 1. The van der Waals surface area contributed by atoms with Crippen LogP contribution in [-0.4, -0.2) is 5.91 Å². The molecule has 3 aromatic carbocycles. The van der Waals surface area contributed by atoms with Gasteiger partial charge in [0.2, 0.25) is 0 Å². The standard InChI is InChI=1S/C27H26N2OS2/c1-19-7-11-22(12-8-19)17-31-27(32-18-23-13-9-20(2)10-14-23)25(16-28)26(30)29-24-6-4-5-21(3)15-24/h4-15H,17-18H2,1-3H3,(H,29,30). The molecule has 0 heterocycles. The molecule has 3 aromatic rings. The fourth-order valence-corrected chi connectivity index (χ4v) is 5.19. The Kier molecular flexibility index (Phi) is 8.61. The van der Waals surface area contributed by atoms with E-state index < -0.39 is 0 Å². The zero-order chi connectivity index (χ0) is 22.9. The van der Waals surface area contributed by atoms with Gasteiger partial charge in [-0.3, -0.25) is 4.79 Å². The maximum Gasteiger partial charge on any atom is 0.268 e. The van der Waals surface area contributed by atoms with Crippen LogP contribution in [0.4, 0.5) is 5.69 Å². The average Bonchev–Trinajstić information content (AvgIpc) is 2.78. The van der Waals surface area contributed by atoms with Crippen LogP contribution in [0.15, 0.2) is 82.6 Å². The molecule has 3 rings (SSSR count). The van der Waals surface area contributed by atoms with Crippen molar-refractivity contribution in [1.82, 2.24) is 0 Å². The first-order valence-corrected chi connectivity index (χ1v) is 12.3. The topological polar surface area (TPSA) is 52.9 Å². The van der Waals surface area contributed by atoms with Crippen molar-refractivity contribution in [2.24, 2.45) is 0 Å². The van der Waals surface area contributed by atoms with E-state index in [9.17, 15) is 10.1 Å². The van der Waals surface area contributed by atoms with E-state index in [2.05, 4.69) is 73.8 Å². The zero-order valence-corrected chi connectivity index (χ0v) is 20.1. The molecule has 0 fully saturated rings. The number of benzene rings is 3. The normalized spacial score (nSPS) is 10.3. The summed E-state index contributed by atoms with van der Waals surface area (Å²) in [6.07, 6.45) is 0. The van der Waals surface area contributed by atoms with Gasteiger partial charge in [0, 0.05) is 17.2 Å². The van der Waals surface area contributed by atoms with E-state index >= 15 is 0 Å². The molecular weight excluding hydrogens is 432 g/mol. The van der Waals surface area contributed by atoms with Crippen molar-refractivity contribution in [2.45, 2.75) is 32.3 Å². The van der Waals surface area contributed by atoms with Gasteiger partial charge in [-0.1, -0.05) is 71.8 Å². The largest absolute Gasteiger partial charge is 0.321 e. The number of thioether (sulfide) groups is 2. The van der Waals surface area contributed by atoms with Crippen molar-refractivity contribution in [3.8, 4) is 6.07 Å². The smallest absolute Gasteiger partial charge is 0.268 e. The maximum atomic E-state index is 13.0. The molecule has 0 aliphatic heterocycles. The summed E-state index contributed by atoms with van der Waals surface area (Å²) in [7, 11) is 0. The minimum atomic E-state index is -0.374. The maximum absolute atomic E-state index is 13.0. The molecule has 0 aliphatic rings. The van der Waals surface area contributed by atoms with E-state index in [1.165, 1.54) is 34.7 Å². The second-order valence-electron chi connectivity index (χ2n) is 7.65. The molecule has 0 saturated carbocycles. The van der Waals surface area contributed by atoms with Gasteiger partial charge in [0.25, 0.3) is 5.91 Å². The van der Waals surface area contributed by atoms with Crippen LogP contribution in [-0.2, 0) is 16.3 Å². The van der Waals surface area contributed by atoms with Crippen LogP contribution >= 0.6 is 23.5 Å². The summed E-state index contributed by atoms with van der Waals surface area (Å²) < 4.78 is 0.735. The second kappa shape index (κ2) is 11.6. The molecule has 0 atom stereocenters. The summed E-state index contributed by atoms with van der Waals surface area (Å²) in [5.41, 5.74) is 6.62. The van der Waals surface area contributed by atoms with Crippen molar-refractivity contribution >= 4 is 35.1 Å². The molecule has 0 radical (unpaired) electrons. The third-order valence-electron chi connectivity index (χ3n) is 4.80. The molecule has 32 heavy (non-hydrogen) atoms. The lowest BCUT2D eigenvalue weighted by Gasteiger charge is -2.12. The quantitative estimate of drug-likeness (QED) is 0.288. The molecule has 0 spiro atoms. The molecule has 0 aliphatic carbocycles. The average molecular weight is 459 g/mol. The number of nitrogens with zero attached hydrogens (tertiary/aromatic N) is 1. The molecule has 0 aromatic heterocycles. The number of carbonyl (C=O) groups is 1. The highest BCUT2D eigenvalue weighted by Gasteiger charge is 2.17. The number of rotatable bonds is 8. The van der Waals surface area contributed by atoms with Crippen LogP contribution in [0.25, 0.3) is 0 Å². The zero-order valence-electron chi connectivity index (χ0n) is 18.5. The van der Waals surface area contributed by atoms with Crippen molar-refractivity contribution in [3.63, 3.8) is 0 Å². The van der Waals surface area contributed by atoms with E-state index in [1.54, 1.807) is 0 Å². The minimum absolute atomic E-state index is 0.153. The van der Waals surface area contributed by atoms with Gasteiger partial charge >= 0.3 is 0 Å². The molecule has 0 unspecified atom stereocenters. The molecule has 1 amide bonds. The van der Waals surface area contributed by atoms with Gasteiger partial charge in [0.15, 0.2) is 0 Å². The highest BCUT2D eigenvalue weighted by molar-refractivity contribution is 8.21. The number of hydrogen-bond acceptors (Lipinski definition) is 4. The van der Waals surface area contributed by atoms with Crippen LogP contribution in [0.3, 0.4) is 0 Å². The predicted octanol–water partition coefficient (Wildman–Crippen LogP) is 7.15. The van der Waals surface area contributed by atoms with Crippen molar-refractivity contribution < 1.29 is 4.79 Å². The fourth-order valence-electron chi connectivity index (χ4n) is 2.96. The number of carbonyl (C=O) groups excluding carboxylic acids is 1. The Balaban J connectivity index is 1.82. The highest BCUT2D eigenvalue weighted by atomic mass is 32.2. The molecule has 0 saturated heterocycles. The third-order valence-corrected chi connectivity index (χ3v) is 7.40. The highest BCUT2D eigenvalue weighted by Crippen LogP contribution is 2.36. The SMILES string of the molecule is Cc1ccc(CSC(SCc2ccc(C)cc2)=C(C#N)C(=O)Nc2cccc(C)c2)cc1. The van der Waals surface area contributed by atoms with E-state index in [4.69, 9.17) is 0 Å². The summed E-state index contributed by atoms with van der Waals surface area (Å²) in [5.74, 6) is 1.01. The number of amides is 1. The molecular formula is C27H26N2OS2. The molecule has 3 nitrogen and oxygen atoms in total. The van der Waals surface area contributed by atoms with Gasteiger partial charge in [-0.2, -0.15) is 5.26 Å². The Bertz CT molecular complexity index is 1090. The second-order valence-corrected chi connectivity index (χ2v) is 9.88. The fraction of sp³-hybridized carbons (Fsp3) is 0.185. The Morgan fingerprint density at radius 1 is 0.812 bits per heavy atom. The van der Waals surface area contributed by atoms with E-state index in [-0.39, 0.29) is 11.5 Å². The summed E-state index contributed by atoms with van der Waals surface area (Å²) in [6, 6.07) is 26.4. The third kappa shape index (κ3) is 7.05. The first kappa shape index (κ1) is 23.7. The van der Waals surface area contributed by atoms with Crippen LogP contribution in [0, 0.1) is 32.1 Å². The lowest BCUT2D eigenvalue weighted by Crippen LogP contribution is -2.14. The van der Waals surface area contributed by atoms with E-state index in [0.717, 1.165) is 20.9 Å². The van der Waals surface area contributed by atoms with Gasteiger partial charge in [0.1, 0.15) is 11.6 Å². The first-order valence-electron chi connectivity index (χ1n) is 10.3. The van der Waals surface area contributed by atoms with Crippen LogP contribution in [0.5, 0.6) is 0 Å². The van der Waals surface area contributed by atoms with Crippen LogP contribution in [0.1, 0.15) is 27.8 Å². The molecule has 162 valence electrons. The van der Waals surface area contributed by atoms with Crippen molar-refractivity contribution in [3.05, 3.63) is 110 Å². The molecule has 5 heteroatoms. The van der Waals surface area contributed by atoms with Gasteiger partial charge in [-0.15, -0.1) is 23.5 Å². The van der Waals surface area contributed by atoms with E-state index in [0.29, 0.717) is 17.2 Å². The summed E-state index contributed by atoms with van der Waals surface area (Å²) >= 11 is 3.07. The molecule has 1 N–H and O–H groups in total. The van der Waals surface area contributed by atoms with Gasteiger partial charge < -0.3 is 5.32 Å². The lowest BCUT2D eigenvalue weighted by molar-refractivity contribution is -0.112. The van der Waals surface area contributed by atoms with Gasteiger partial charge in [-0.25, -0.2) is 0 Å². The number of nitrogens with one attached hydrogen (secondary N) is 1. The summed E-state index contributed by atoms with van der Waals surface area (Å²) in [4.78, 5) is 13.0. The van der Waals surface area contributed by atoms with Crippen molar-refractivity contribution in [2.75, 3.05) is 5.32 Å². The first-order chi connectivity index (χ1) is 15.4. The number of nitriles is 1. The van der Waals surface area contributed by atoms with Crippen molar-refractivity contribution in [1.29, 1.82) is 5.26 Å². The minimum Gasteiger partial charge on any atom is -0.321 e. The Morgan fingerprint density at radius 3 is 1.81 bits per heavy atom. The summed E-state index contributed by atoms with van der Waals surface area (Å²) in [6.45, 7) is 6.09. The lowest BCUT2D eigenvalue weighted by atomic mass is 10.2. The Morgan fingerprint density at radius 2 is 1.34 bits per heavy atom. The Labute approximate surface area is 198 Å². The van der Waals surface area contributed by atoms with Crippen LogP contribution < -0.4 is 5.32 Å². The van der Waals surface area contributed by atoms with Gasteiger partial charge in [0.05, 0.1) is 4.24 Å². The van der Waals surface area contributed by atoms with E-state index in [1.807, 2.05) is 31.2 Å². The van der Waals surface area contributed by atoms with Gasteiger partial charge in [-0.05, 0) is 49.6 Å². The predicted molar refractivity (Wildman–Crippen MR) is 137 cm³/mol. The molecule has 0 bridgehead atoms. The summed E-state index contributed by atoms with van der Waals surface area (Å²) in [5, 5.41) is 12.8.